The van der Waals surface area contributed by atoms with Crippen LogP contribution in [0.1, 0.15) is 45.4 Å². The minimum Gasteiger partial charge on any atom is -0.342 e. The van der Waals surface area contributed by atoms with Crippen molar-refractivity contribution in [2.75, 3.05) is 19.6 Å². The van der Waals surface area contributed by atoms with Crippen LogP contribution in [0.15, 0.2) is 20.1 Å². The lowest BCUT2D eigenvalue weighted by molar-refractivity contribution is -0.138. The fourth-order valence-electron chi connectivity index (χ4n) is 4.00. The number of nitrogens with zero attached hydrogens (tertiary/aromatic N) is 1. The number of sulfonamides is 1. The van der Waals surface area contributed by atoms with Gasteiger partial charge in [0.2, 0.25) is 15.9 Å². The maximum atomic E-state index is 12.7. The van der Waals surface area contributed by atoms with Crippen LogP contribution in [0, 0.1) is 17.8 Å². The summed E-state index contributed by atoms with van der Waals surface area (Å²) in [5, 5.41) is 0. The van der Waals surface area contributed by atoms with E-state index >= 15 is 0 Å². The molecule has 0 bridgehead atoms. The average Bonchev–Trinajstić information content (AvgIpc) is 3.07. The molecule has 1 N–H and O–H groups in total. The van der Waals surface area contributed by atoms with Crippen molar-refractivity contribution in [3.63, 3.8) is 0 Å². The number of carbonyl (C=O) groups is 1. The number of thiophene rings is 1. The first kappa shape index (κ1) is 20.3. The second kappa shape index (κ2) is 8.71. The van der Waals surface area contributed by atoms with Crippen LogP contribution in [-0.4, -0.2) is 38.9 Å². The van der Waals surface area contributed by atoms with Crippen molar-refractivity contribution in [3.05, 3.63) is 15.9 Å². The van der Waals surface area contributed by atoms with E-state index in [1.54, 1.807) is 12.1 Å². The summed E-state index contributed by atoms with van der Waals surface area (Å²) in [6.07, 6.45) is 5.91. The molecular formula is C18H27BrN2O3S2. The van der Waals surface area contributed by atoms with E-state index in [2.05, 4.69) is 32.5 Å². The first-order valence-corrected chi connectivity index (χ1v) is 12.5. The molecule has 1 aromatic rings. The van der Waals surface area contributed by atoms with Crippen LogP contribution in [0.5, 0.6) is 0 Å². The van der Waals surface area contributed by atoms with E-state index < -0.39 is 10.0 Å². The zero-order valence-corrected chi connectivity index (χ0v) is 18.3. The van der Waals surface area contributed by atoms with Crippen molar-refractivity contribution < 1.29 is 13.2 Å². The Bertz CT molecular complexity index is 727. The van der Waals surface area contributed by atoms with E-state index in [9.17, 15) is 13.2 Å². The van der Waals surface area contributed by atoms with E-state index in [1.807, 2.05) is 0 Å². The fraction of sp³-hybridized carbons (Fsp3) is 0.722. The minimum absolute atomic E-state index is 0.126. The molecule has 5 nitrogen and oxygen atoms in total. The maximum absolute atomic E-state index is 12.7. The highest BCUT2D eigenvalue weighted by Crippen LogP contribution is 2.32. The van der Waals surface area contributed by atoms with Crippen LogP contribution in [0.3, 0.4) is 0 Å². The van der Waals surface area contributed by atoms with Crippen molar-refractivity contribution in [1.29, 1.82) is 0 Å². The number of likely N-dealkylation sites (tertiary alicyclic amines) is 1. The van der Waals surface area contributed by atoms with Gasteiger partial charge in [-0.05, 0) is 78.4 Å². The summed E-state index contributed by atoms with van der Waals surface area (Å²) in [6.45, 7) is 4.47. The summed E-state index contributed by atoms with van der Waals surface area (Å²) in [5.41, 5.74) is 0. The molecule has 1 aromatic heterocycles. The highest BCUT2D eigenvalue weighted by atomic mass is 79.9. The predicted molar refractivity (Wildman–Crippen MR) is 108 cm³/mol. The van der Waals surface area contributed by atoms with Crippen molar-refractivity contribution in [3.8, 4) is 0 Å². The van der Waals surface area contributed by atoms with Gasteiger partial charge in [-0.15, -0.1) is 11.3 Å². The average molecular weight is 463 g/mol. The monoisotopic (exact) mass is 462 g/mol. The Kier molecular flexibility index (Phi) is 6.80. The molecule has 2 fully saturated rings. The standard InChI is InChI=1S/C18H27BrN2O3S2/c1-13-3-2-10-21(12-13)18(22)15-6-4-14(5-7-15)11-20-26(23,24)17-9-8-16(19)25-17/h8-9,13-15,20H,2-7,10-12H2,1H3/t13-,14?,15?/m0/s1. The molecule has 2 aliphatic rings. The van der Waals surface area contributed by atoms with Crippen molar-refractivity contribution in [1.82, 2.24) is 9.62 Å². The fourth-order valence-corrected chi connectivity index (χ4v) is 7.17. The van der Waals surface area contributed by atoms with Gasteiger partial charge in [0.1, 0.15) is 4.21 Å². The van der Waals surface area contributed by atoms with Crippen LogP contribution < -0.4 is 4.72 Å². The molecular weight excluding hydrogens is 436 g/mol. The molecule has 1 saturated heterocycles. The van der Waals surface area contributed by atoms with Crippen LogP contribution in [-0.2, 0) is 14.8 Å². The zero-order valence-electron chi connectivity index (χ0n) is 15.1. The summed E-state index contributed by atoms with van der Waals surface area (Å²) >= 11 is 4.52. The van der Waals surface area contributed by atoms with Crippen LogP contribution in [0.4, 0.5) is 0 Å². The number of hydrogen-bond acceptors (Lipinski definition) is 4. The van der Waals surface area contributed by atoms with E-state index in [1.165, 1.54) is 17.8 Å². The Balaban J connectivity index is 1.46. The summed E-state index contributed by atoms with van der Waals surface area (Å²) in [7, 11) is -3.43. The molecule has 1 amide bonds. The molecule has 1 aliphatic carbocycles. The van der Waals surface area contributed by atoms with Gasteiger partial charge in [0, 0.05) is 25.6 Å². The first-order valence-electron chi connectivity index (χ1n) is 9.39. The van der Waals surface area contributed by atoms with Gasteiger partial charge in [0.05, 0.1) is 3.79 Å². The number of rotatable bonds is 5. The van der Waals surface area contributed by atoms with Gasteiger partial charge in [0.15, 0.2) is 0 Å². The summed E-state index contributed by atoms with van der Waals surface area (Å²) in [6, 6.07) is 3.36. The summed E-state index contributed by atoms with van der Waals surface area (Å²) in [4.78, 5) is 14.8. The molecule has 8 heteroatoms. The van der Waals surface area contributed by atoms with E-state index in [-0.39, 0.29) is 5.92 Å². The highest BCUT2D eigenvalue weighted by molar-refractivity contribution is 9.11. The molecule has 1 aliphatic heterocycles. The second-order valence-corrected chi connectivity index (χ2v) is 12.1. The van der Waals surface area contributed by atoms with Crippen LogP contribution >= 0.6 is 27.3 Å². The number of halogens is 1. The SMILES string of the molecule is C[C@H]1CCCN(C(=O)C2CCC(CNS(=O)(=O)c3ccc(Br)s3)CC2)C1. The lowest BCUT2D eigenvalue weighted by atomic mass is 9.81. The smallest absolute Gasteiger partial charge is 0.250 e. The highest BCUT2D eigenvalue weighted by Gasteiger charge is 2.31. The Hall–Kier alpha value is -0.440. The molecule has 146 valence electrons. The van der Waals surface area contributed by atoms with Crippen LogP contribution in [0.2, 0.25) is 0 Å². The molecule has 0 aromatic carbocycles. The van der Waals surface area contributed by atoms with Gasteiger partial charge in [-0.25, -0.2) is 13.1 Å². The third-order valence-electron chi connectivity index (χ3n) is 5.54. The summed E-state index contributed by atoms with van der Waals surface area (Å²) in [5.74, 6) is 1.37. The zero-order chi connectivity index (χ0) is 18.7. The molecule has 0 spiro atoms. The number of amides is 1. The van der Waals surface area contributed by atoms with Gasteiger partial charge < -0.3 is 4.90 Å². The topological polar surface area (TPSA) is 66.5 Å². The molecule has 0 radical (unpaired) electrons. The van der Waals surface area contributed by atoms with Crippen molar-refractivity contribution in [2.24, 2.45) is 17.8 Å². The van der Waals surface area contributed by atoms with Gasteiger partial charge in [-0.2, -0.15) is 0 Å². The molecule has 2 heterocycles. The molecule has 1 saturated carbocycles. The number of nitrogens with one attached hydrogen (secondary N) is 1. The predicted octanol–water partition coefficient (Wildman–Crippen LogP) is 3.85. The molecule has 1 atom stereocenters. The minimum atomic E-state index is -3.43. The Labute approximate surface area is 168 Å². The van der Waals surface area contributed by atoms with Crippen molar-refractivity contribution >= 4 is 43.2 Å². The van der Waals surface area contributed by atoms with Crippen LogP contribution in [0.25, 0.3) is 0 Å². The number of piperidine rings is 1. The normalized spacial score (nSPS) is 27.5. The van der Waals surface area contributed by atoms with E-state index in [0.29, 0.717) is 28.5 Å². The number of hydrogen-bond donors (Lipinski definition) is 1. The third kappa shape index (κ3) is 5.09. The lowest BCUT2D eigenvalue weighted by Crippen LogP contribution is -2.43. The lowest BCUT2D eigenvalue weighted by Gasteiger charge is -2.36. The second-order valence-electron chi connectivity index (χ2n) is 7.66. The maximum Gasteiger partial charge on any atom is 0.250 e. The largest absolute Gasteiger partial charge is 0.342 e. The van der Waals surface area contributed by atoms with Crippen molar-refractivity contribution in [2.45, 2.75) is 49.7 Å². The molecule has 3 rings (SSSR count). The number of carbonyl (C=O) groups excluding carboxylic acids is 1. The Morgan fingerprint density at radius 3 is 2.62 bits per heavy atom. The third-order valence-corrected chi connectivity index (χ3v) is 9.08. The quantitative estimate of drug-likeness (QED) is 0.722. The molecule has 26 heavy (non-hydrogen) atoms. The first-order chi connectivity index (χ1) is 12.3. The van der Waals surface area contributed by atoms with E-state index in [0.717, 1.165) is 49.0 Å². The van der Waals surface area contributed by atoms with Gasteiger partial charge in [-0.1, -0.05) is 6.92 Å². The van der Waals surface area contributed by atoms with Gasteiger partial charge >= 0.3 is 0 Å². The Morgan fingerprint density at radius 2 is 2.00 bits per heavy atom. The van der Waals surface area contributed by atoms with Gasteiger partial charge in [-0.3, -0.25) is 4.79 Å². The van der Waals surface area contributed by atoms with E-state index in [4.69, 9.17) is 0 Å². The molecule has 0 unspecified atom stereocenters. The summed E-state index contributed by atoms with van der Waals surface area (Å²) < 4.78 is 28.5. The van der Waals surface area contributed by atoms with Gasteiger partial charge in [0.25, 0.3) is 0 Å². The Morgan fingerprint density at radius 1 is 1.27 bits per heavy atom.